The maximum absolute atomic E-state index is 9.82. The Hall–Kier alpha value is -0.820. The summed E-state index contributed by atoms with van der Waals surface area (Å²) in [5.41, 5.74) is 1.13. The monoisotopic (exact) mass is 386 g/mol. The van der Waals surface area contributed by atoms with Crippen LogP contribution >= 0.6 is 15.9 Å². The van der Waals surface area contributed by atoms with Crippen molar-refractivity contribution in [3.8, 4) is 11.5 Å². The van der Waals surface area contributed by atoms with Gasteiger partial charge in [-0.25, -0.2) is 0 Å². The molecule has 0 aromatic heterocycles. The first kappa shape index (κ1) is 18.5. The second-order valence-corrected chi connectivity index (χ2v) is 6.66. The van der Waals surface area contributed by atoms with Crippen LogP contribution in [-0.2, 0) is 6.54 Å². The summed E-state index contributed by atoms with van der Waals surface area (Å²) in [6.07, 6.45) is 0.706. The molecular weight excluding hydrogens is 360 g/mol. The molecule has 0 spiro atoms. The van der Waals surface area contributed by atoms with E-state index in [1.165, 1.54) is 0 Å². The maximum Gasteiger partial charge on any atom is 0.175 e. The van der Waals surface area contributed by atoms with Crippen LogP contribution in [0.25, 0.3) is 0 Å². The Kier molecular flexibility index (Phi) is 7.62. The van der Waals surface area contributed by atoms with Crippen molar-refractivity contribution >= 4 is 15.9 Å². The minimum absolute atomic E-state index is 0.252. The van der Waals surface area contributed by atoms with E-state index in [-0.39, 0.29) is 12.0 Å². The topological polar surface area (TPSA) is 62.8 Å². The van der Waals surface area contributed by atoms with Crippen molar-refractivity contribution in [2.45, 2.75) is 32.9 Å². The zero-order chi connectivity index (χ0) is 16.7. The van der Waals surface area contributed by atoms with Gasteiger partial charge < -0.3 is 25.2 Å². The third-order valence-corrected chi connectivity index (χ3v) is 4.45. The van der Waals surface area contributed by atoms with Gasteiger partial charge in [0.05, 0.1) is 23.8 Å². The van der Waals surface area contributed by atoms with E-state index in [2.05, 4.69) is 39.6 Å². The van der Waals surface area contributed by atoms with Crippen LogP contribution in [0.15, 0.2) is 16.6 Å². The summed E-state index contributed by atoms with van der Waals surface area (Å²) in [4.78, 5) is 0. The summed E-state index contributed by atoms with van der Waals surface area (Å²) in [7, 11) is 0. The number of β-amino-alcohol motifs (C(OH)–C–C–N with tert-alkyl or cyclic N) is 1. The number of halogens is 1. The largest absolute Gasteiger partial charge is 0.490 e. The highest BCUT2D eigenvalue weighted by Crippen LogP contribution is 2.37. The number of aliphatic hydroxyl groups excluding tert-OH is 1. The molecule has 130 valence electrons. The van der Waals surface area contributed by atoms with E-state index >= 15 is 0 Å². The first-order chi connectivity index (χ1) is 11.2. The highest BCUT2D eigenvalue weighted by atomic mass is 79.9. The SMILES string of the molecule is CCCOc1c(Br)cc(CNCC2CNCC2O)cc1OCC. The Labute approximate surface area is 146 Å². The molecule has 0 radical (unpaired) electrons. The fourth-order valence-electron chi connectivity index (χ4n) is 2.66. The summed E-state index contributed by atoms with van der Waals surface area (Å²) >= 11 is 3.58. The number of rotatable bonds is 9. The molecule has 2 unspecified atom stereocenters. The molecule has 1 aliphatic heterocycles. The zero-order valence-corrected chi connectivity index (χ0v) is 15.5. The van der Waals surface area contributed by atoms with E-state index in [4.69, 9.17) is 9.47 Å². The van der Waals surface area contributed by atoms with Gasteiger partial charge in [-0.2, -0.15) is 0 Å². The molecule has 23 heavy (non-hydrogen) atoms. The first-order valence-corrected chi connectivity index (χ1v) is 9.12. The molecule has 0 bridgehead atoms. The molecule has 0 saturated carbocycles. The summed E-state index contributed by atoms with van der Waals surface area (Å²) < 4.78 is 12.4. The predicted molar refractivity (Wildman–Crippen MR) is 95.2 cm³/mol. The Bertz CT molecular complexity index is 499. The van der Waals surface area contributed by atoms with Crippen molar-refractivity contribution in [2.75, 3.05) is 32.8 Å². The molecule has 0 amide bonds. The maximum atomic E-state index is 9.82. The second-order valence-electron chi connectivity index (χ2n) is 5.80. The van der Waals surface area contributed by atoms with Gasteiger partial charge in [0.1, 0.15) is 0 Å². The molecule has 3 N–H and O–H groups in total. The van der Waals surface area contributed by atoms with E-state index in [0.717, 1.165) is 47.6 Å². The lowest BCUT2D eigenvalue weighted by molar-refractivity contribution is 0.146. The van der Waals surface area contributed by atoms with Gasteiger partial charge in [-0.15, -0.1) is 0 Å². The third kappa shape index (κ3) is 5.35. The Balaban J connectivity index is 1.98. The van der Waals surface area contributed by atoms with Crippen LogP contribution < -0.4 is 20.1 Å². The average molecular weight is 387 g/mol. The van der Waals surface area contributed by atoms with Gasteiger partial charge in [0.15, 0.2) is 11.5 Å². The number of aliphatic hydroxyl groups is 1. The highest BCUT2D eigenvalue weighted by molar-refractivity contribution is 9.10. The van der Waals surface area contributed by atoms with Crippen LogP contribution in [0.3, 0.4) is 0 Å². The summed E-state index contributed by atoms with van der Waals surface area (Å²) in [6, 6.07) is 4.08. The Morgan fingerprint density at radius 3 is 2.78 bits per heavy atom. The van der Waals surface area contributed by atoms with Gasteiger partial charge in [-0.1, -0.05) is 6.92 Å². The molecule has 1 saturated heterocycles. The van der Waals surface area contributed by atoms with E-state index in [1.54, 1.807) is 0 Å². The van der Waals surface area contributed by atoms with Crippen LogP contribution in [0.5, 0.6) is 11.5 Å². The van der Waals surface area contributed by atoms with Gasteiger partial charge in [0.25, 0.3) is 0 Å². The average Bonchev–Trinajstić information content (AvgIpc) is 2.92. The molecule has 1 aromatic rings. The zero-order valence-electron chi connectivity index (χ0n) is 13.9. The van der Waals surface area contributed by atoms with Crippen molar-refractivity contribution in [3.63, 3.8) is 0 Å². The molecule has 0 aliphatic carbocycles. The summed E-state index contributed by atoms with van der Waals surface area (Å²) in [5.74, 6) is 1.82. The quantitative estimate of drug-likeness (QED) is 0.607. The number of ether oxygens (including phenoxy) is 2. The van der Waals surface area contributed by atoms with Gasteiger partial charge >= 0.3 is 0 Å². The summed E-state index contributed by atoms with van der Waals surface area (Å²) in [6.45, 7) is 8.41. The number of benzene rings is 1. The van der Waals surface area contributed by atoms with Gasteiger partial charge in [0.2, 0.25) is 0 Å². The van der Waals surface area contributed by atoms with Crippen molar-refractivity contribution < 1.29 is 14.6 Å². The number of nitrogens with one attached hydrogen (secondary N) is 2. The molecule has 1 aromatic carbocycles. The molecule has 1 aliphatic rings. The van der Waals surface area contributed by atoms with Crippen molar-refractivity contribution in [2.24, 2.45) is 5.92 Å². The Morgan fingerprint density at radius 2 is 2.13 bits per heavy atom. The smallest absolute Gasteiger partial charge is 0.175 e. The van der Waals surface area contributed by atoms with Crippen LogP contribution in [-0.4, -0.2) is 44.1 Å². The third-order valence-electron chi connectivity index (χ3n) is 3.86. The van der Waals surface area contributed by atoms with Gasteiger partial charge in [0, 0.05) is 32.1 Å². The van der Waals surface area contributed by atoms with E-state index in [1.807, 2.05) is 13.0 Å². The lowest BCUT2D eigenvalue weighted by Gasteiger charge is -2.17. The fourth-order valence-corrected chi connectivity index (χ4v) is 3.26. The molecule has 2 atom stereocenters. The number of hydrogen-bond acceptors (Lipinski definition) is 5. The fraction of sp³-hybridized carbons (Fsp3) is 0.647. The van der Waals surface area contributed by atoms with Crippen LogP contribution in [0.1, 0.15) is 25.8 Å². The molecule has 2 rings (SSSR count). The van der Waals surface area contributed by atoms with E-state index in [0.29, 0.717) is 19.8 Å². The molecule has 5 nitrogen and oxygen atoms in total. The summed E-state index contributed by atoms with van der Waals surface area (Å²) in [5, 5.41) is 16.4. The Morgan fingerprint density at radius 1 is 1.30 bits per heavy atom. The number of hydrogen-bond donors (Lipinski definition) is 3. The van der Waals surface area contributed by atoms with Crippen LogP contribution in [0.4, 0.5) is 0 Å². The lowest BCUT2D eigenvalue weighted by Crippen LogP contribution is -2.30. The van der Waals surface area contributed by atoms with Gasteiger partial charge in [-0.3, -0.25) is 0 Å². The minimum atomic E-state index is -0.252. The first-order valence-electron chi connectivity index (χ1n) is 8.33. The highest BCUT2D eigenvalue weighted by Gasteiger charge is 2.24. The predicted octanol–water partition coefficient (Wildman–Crippen LogP) is 2.31. The molecular formula is C17H27BrN2O3. The molecule has 1 fully saturated rings. The molecule has 6 heteroatoms. The minimum Gasteiger partial charge on any atom is -0.490 e. The normalized spacial score (nSPS) is 20.7. The lowest BCUT2D eigenvalue weighted by atomic mass is 10.1. The van der Waals surface area contributed by atoms with E-state index < -0.39 is 0 Å². The van der Waals surface area contributed by atoms with Gasteiger partial charge in [-0.05, 0) is 47.0 Å². The van der Waals surface area contributed by atoms with Crippen LogP contribution in [0.2, 0.25) is 0 Å². The van der Waals surface area contributed by atoms with E-state index in [9.17, 15) is 5.11 Å². The standard InChI is InChI=1S/C17H27BrN2O3/c1-3-5-23-17-14(18)6-12(7-16(17)22-4-2)8-19-9-13-10-20-11-15(13)21/h6-7,13,15,19-21H,3-5,8-11H2,1-2H3. The van der Waals surface area contributed by atoms with Crippen molar-refractivity contribution in [1.29, 1.82) is 0 Å². The van der Waals surface area contributed by atoms with Crippen molar-refractivity contribution in [1.82, 2.24) is 10.6 Å². The second kappa shape index (κ2) is 9.47. The van der Waals surface area contributed by atoms with Crippen LogP contribution in [0, 0.1) is 5.92 Å². The van der Waals surface area contributed by atoms with Crippen molar-refractivity contribution in [3.05, 3.63) is 22.2 Å². The molecule has 1 heterocycles.